The predicted octanol–water partition coefficient (Wildman–Crippen LogP) is 25.7. The Morgan fingerprint density at radius 2 is 0.631 bits per heavy atom. The lowest BCUT2D eigenvalue weighted by Gasteiger charge is -2.17. The first-order chi connectivity index (χ1) is 52.7. The minimum Gasteiger partial charge on any atom is -0.201 e. The quantitative estimate of drug-likeness (QED) is 0.108. The number of nitrogens with zero attached hydrogens (tertiary/aromatic N) is 4. The van der Waals surface area contributed by atoms with Crippen LogP contribution < -0.4 is 18.3 Å². The van der Waals surface area contributed by atoms with E-state index in [0.717, 1.165) is 32.1 Å². The molecule has 0 amide bonds. The molecule has 0 unspecified atom stereocenters. The largest absolute Gasteiger partial charge is 0.213 e. The summed E-state index contributed by atoms with van der Waals surface area (Å²) in [6, 6.07) is 55.5. The Bertz CT molecular complexity index is 5630. The van der Waals surface area contributed by atoms with Crippen LogP contribution in [0.4, 0.5) is 0 Å². The molecular formula is C107H126N4+4. The molecule has 4 nitrogen and oxygen atoms in total. The van der Waals surface area contributed by atoms with Crippen LogP contribution in [0.25, 0.3) is 89.5 Å². The SMILES string of the molecule is Cc1c[n+](C)c(-c2c(C)cc(C)c3c2Cc2ccccc2-3)cc1CC(C)C.Cc1ccc2c(c1)-c1ccc(C)c(-c3cc(C(C)C)c(C(C)C)c[n+]3C)c1C2.Cc1ccc2c(c1)Cc1c-2ccc(C)c1-c1cc(C(C)C)c(C(C)C)c[n+]1C.Cc1cccc2c1Cc1c-2ccc(C)c1-c1cc(C(C)C)c(C(C)C)c[n+]1C. The van der Waals surface area contributed by atoms with E-state index in [1.54, 1.807) is 0 Å². The fraction of sp³-hybridized carbons (Fsp3) is 0.364. The average molecular weight is 1470 g/mol. The molecule has 111 heavy (non-hydrogen) atoms. The fourth-order valence-electron chi connectivity index (χ4n) is 19.2. The van der Waals surface area contributed by atoms with E-state index in [1.807, 2.05) is 0 Å². The molecule has 4 aliphatic carbocycles. The molecule has 0 saturated heterocycles. The first kappa shape index (κ1) is 79.4. The maximum absolute atomic E-state index is 2.46. The zero-order valence-electron chi connectivity index (χ0n) is 72.5. The highest BCUT2D eigenvalue weighted by Crippen LogP contribution is 2.49. The highest BCUT2D eigenvalue weighted by Gasteiger charge is 2.34. The molecule has 4 heterocycles. The van der Waals surface area contributed by atoms with E-state index in [4.69, 9.17) is 0 Å². The second-order valence-corrected chi connectivity index (χ2v) is 35.9. The van der Waals surface area contributed by atoms with Gasteiger partial charge in [0, 0.05) is 46.5 Å². The second kappa shape index (κ2) is 31.9. The number of benzene rings is 8. The Labute approximate surface area is 668 Å². The first-order valence-electron chi connectivity index (χ1n) is 41.7. The maximum atomic E-state index is 2.46. The van der Waals surface area contributed by atoms with Crippen molar-refractivity contribution in [1.82, 2.24) is 0 Å². The molecule has 0 N–H and O–H groups in total. The van der Waals surface area contributed by atoms with Crippen molar-refractivity contribution in [1.29, 1.82) is 0 Å². The van der Waals surface area contributed by atoms with Gasteiger partial charge in [0.25, 0.3) is 0 Å². The van der Waals surface area contributed by atoms with E-state index < -0.39 is 0 Å². The van der Waals surface area contributed by atoms with Gasteiger partial charge in [-0.1, -0.05) is 229 Å². The third kappa shape index (κ3) is 15.2. The lowest BCUT2D eigenvalue weighted by atomic mass is 9.88. The van der Waals surface area contributed by atoms with Gasteiger partial charge in [0.2, 0.25) is 22.8 Å². The molecule has 4 aliphatic rings. The molecule has 4 aromatic heterocycles. The summed E-state index contributed by atoms with van der Waals surface area (Å²) in [6.07, 6.45) is 14.7. The van der Waals surface area contributed by atoms with Crippen molar-refractivity contribution in [3.8, 4) is 89.5 Å². The third-order valence-electron chi connectivity index (χ3n) is 24.9. The van der Waals surface area contributed by atoms with Crippen LogP contribution in [0.5, 0.6) is 0 Å². The Morgan fingerprint density at radius 3 is 1.14 bits per heavy atom. The van der Waals surface area contributed by atoms with E-state index in [2.05, 4.69) is 376 Å². The van der Waals surface area contributed by atoms with Crippen molar-refractivity contribution in [3.63, 3.8) is 0 Å². The minimum absolute atomic E-state index is 0.522. The molecule has 0 bridgehead atoms. The zero-order valence-corrected chi connectivity index (χ0v) is 72.5. The lowest BCUT2D eigenvalue weighted by molar-refractivity contribution is -0.661. The van der Waals surface area contributed by atoms with Gasteiger partial charge in [0.15, 0.2) is 24.8 Å². The van der Waals surface area contributed by atoms with Crippen LogP contribution in [0, 0.1) is 68.2 Å². The number of aryl methyl sites for hydroxylation is 13. The molecule has 16 rings (SSSR count). The van der Waals surface area contributed by atoms with Gasteiger partial charge >= 0.3 is 0 Å². The number of hydrogen-bond donors (Lipinski definition) is 0. The van der Waals surface area contributed by atoms with Crippen molar-refractivity contribution in [3.05, 3.63) is 304 Å². The molecule has 0 atom stereocenters. The molecule has 4 heteroatoms. The summed E-state index contributed by atoms with van der Waals surface area (Å²) >= 11 is 0. The van der Waals surface area contributed by atoms with Crippen LogP contribution in [0.2, 0.25) is 0 Å². The monoisotopic (exact) mass is 1470 g/mol. The molecule has 0 fully saturated rings. The Hall–Kier alpha value is -9.64. The van der Waals surface area contributed by atoms with Crippen LogP contribution in [-0.4, -0.2) is 0 Å². The van der Waals surface area contributed by atoms with Gasteiger partial charge in [0.05, 0.1) is 22.3 Å². The van der Waals surface area contributed by atoms with E-state index >= 15 is 0 Å². The molecule has 0 spiro atoms. The number of fused-ring (bicyclic) bond motifs is 12. The van der Waals surface area contributed by atoms with Crippen molar-refractivity contribution in [2.24, 2.45) is 34.1 Å². The summed E-state index contributed by atoms with van der Waals surface area (Å²) in [6.45, 7) is 52.4. The van der Waals surface area contributed by atoms with Crippen molar-refractivity contribution in [2.45, 2.75) is 227 Å². The highest BCUT2D eigenvalue weighted by atomic mass is 14.9. The van der Waals surface area contributed by atoms with Crippen molar-refractivity contribution >= 4 is 0 Å². The Kier molecular flexibility index (Phi) is 22.8. The Balaban J connectivity index is 0.000000130. The number of rotatable bonds is 12. The second-order valence-electron chi connectivity index (χ2n) is 35.9. The maximum Gasteiger partial charge on any atom is 0.213 e. The fourth-order valence-corrected chi connectivity index (χ4v) is 19.2. The van der Waals surface area contributed by atoms with Gasteiger partial charge in [-0.25, -0.2) is 18.3 Å². The van der Waals surface area contributed by atoms with Gasteiger partial charge in [-0.2, -0.15) is 0 Å². The third-order valence-corrected chi connectivity index (χ3v) is 24.9. The van der Waals surface area contributed by atoms with Gasteiger partial charge in [-0.3, -0.25) is 0 Å². The Morgan fingerprint density at radius 1 is 0.252 bits per heavy atom. The molecule has 0 saturated carbocycles. The molecule has 570 valence electrons. The zero-order chi connectivity index (χ0) is 79.8. The topological polar surface area (TPSA) is 15.5 Å². The van der Waals surface area contributed by atoms with Gasteiger partial charge in [0.1, 0.15) is 28.2 Å². The smallest absolute Gasteiger partial charge is 0.201 e. The summed E-state index contributed by atoms with van der Waals surface area (Å²) in [4.78, 5) is 0. The van der Waals surface area contributed by atoms with Crippen molar-refractivity contribution in [2.75, 3.05) is 0 Å². The molecule has 0 radical (unpaired) electrons. The molecule has 0 aliphatic heterocycles. The van der Waals surface area contributed by atoms with Gasteiger partial charge in [-0.15, -0.1) is 0 Å². The summed E-state index contributed by atoms with van der Waals surface area (Å²) in [5.74, 6) is 3.84. The first-order valence-corrected chi connectivity index (χ1v) is 41.7. The van der Waals surface area contributed by atoms with Gasteiger partial charge in [-0.05, 0) is 280 Å². The van der Waals surface area contributed by atoms with E-state index in [9.17, 15) is 0 Å². The average Bonchev–Trinajstić information content (AvgIpc) is 1.65. The number of aromatic nitrogens is 4. The molecule has 8 aromatic carbocycles. The molecular weight excluding hydrogens is 1340 g/mol. The summed E-state index contributed by atoms with van der Waals surface area (Å²) in [5.41, 5.74) is 56.9. The number of pyridine rings is 4. The van der Waals surface area contributed by atoms with E-state index in [1.165, 1.54) is 223 Å². The lowest BCUT2D eigenvalue weighted by Crippen LogP contribution is -2.33. The minimum atomic E-state index is 0.522. The summed E-state index contributed by atoms with van der Waals surface area (Å²) in [5, 5.41) is 0. The standard InChI is InChI=1S/3C27H32N.C26H30N/c1-16(2)23-14-26(28(7)15-25(23)17(3)4)27-19(6)9-11-22-21-10-8-18(5)12-20(21)13-24(22)27;1-16(2)22-14-26(28(7)15-25(22)17(3)4)27-19(6)9-11-21-23-12-18(5)8-10-20(23)13-24(21)27;1-16(2)22-14-26(28(7)15-25(22)17(3)4)27-19(6)11-12-21-20-10-8-9-18(5)23(20)13-24(21)27;1-16(2)11-21-14-24(27(6)15-19(21)5)26-18(4)12-17(3)25-22-10-8-7-9-20(22)13-23(25)26/h3*8-12,14-17H,13H2,1-7H3;7-10,12,14-16H,11,13H2,1-6H3/q4*+1. The normalized spacial score (nSPS) is 12.6. The van der Waals surface area contributed by atoms with Crippen LogP contribution in [0.1, 0.15) is 266 Å². The van der Waals surface area contributed by atoms with Crippen LogP contribution >= 0.6 is 0 Å². The van der Waals surface area contributed by atoms with Crippen LogP contribution in [0.15, 0.2) is 170 Å². The van der Waals surface area contributed by atoms with E-state index in [0.29, 0.717) is 41.4 Å². The van der Waals surface area contributed by atoms with E-state index in [-0.39, 0.29) is 0 Å². The highest BCUT2D eigenvalue weighted by molar-refractivity contribution is 5.90. The van der Waals surface area contributed by atoms with Crippen LogP contribution in [0.3, 0.4) is 0 Å². The van der Waals surface area contributed by atoms with Gasteiger partial charge < -0.3 is 0 Å². The van der Waals surface area contributed by atoms with Crippen LogP contribution in [-0.2, 0) is 60.3 Å². The predicted molar refractivity (Wildman–Crippen MR) is 471 cm³/mol. The number of hydrogen-bond acceptors (Lipinski definition) is 0. The summed E-state index contributed by atoms with van der Waals surface area (Å²) < 4.78 is 9.36. The summed E-state index contributed by atoms with van der Waals surface area (Å²) in [7, 11) is 8.81. The van der Waals surface area contributed by atoms with Crippen molar-refractivity contribution < 1.29 is 18.3 Å². The molecule has 12 aromatic rings.